The molecule has 17 heavy (non-hydrogen) atoms. The van der Waals surface area contributed by atoms with Crippen LogP contribution in [0.3, 0.4) is 0 Å². The summed E-state index contributed by atoms with van der Waals surface area (Å²) in [5.74, 6) is 0.0719. The van der Waals surface area contributed by atoms with E-state index in [0.717, 1.165) is 25.8 Å². The predicted octanol–water partition coefficient (Wildman–Crippen LogP) is 1.53. The maximum atomic E-state index is 11.7. The van der Waals surface area contributed by atoms with E-state index in [9.17, 15) is 4.79 Å². The first-order valence-corrected chi connectivity index (χ1v) is 6.79. The fourth-order valence-corrected chi connectivity index (χ4v) is 2.16. The minimum atomic E-state index is 0.0719. The molecule has 1 aliphatic rings. The Balaban J connectivity index is 2.17. The van der Waals surface area contributed by atoms with Gasteiger partial charge in [-0.05, 0) is 25.8 Å². The van der Waals surface area contributed by atoms with Crippen LogP contribution in [0.4, 0.5) is 0 Å². The van der Waals surface area contributed by atoms with E-state index in [1.807, 2.05) is 7.05 Å². The molecule has 0 aromatic heterocycles. The number of rotatable bonds is 6. The van der Waals surface area contributed by atoms with Gasteiger partial charge in [0.25, 0.3) is 0 Å². The summed E-state index contributed by atoms with van der Waals surface area (Å²) in [6.45, 7) is 1.58. The van der Waals surface area contributed by atoms with Gasteiger partial charge in [-0.3, -0.25) is 4.79 Å². The van der Waals surface area contributed by atoms with E-state index in [1.165, 1.54) is 25.7 Å². The Hall–Kier alpha value is -0.610. The summed E-state index contributed by atoms with van der Waals surface area (Å²) in [7, 11) is 1.81. The number of carbonyl (C=O) groups excluding carboxylic acids is 1. The standard InChI is InChI=1S/C13H26N2O2/c1-15(10-6-9-14)13(16)11-17-12-7-4-2-3-5-8-12/h12H,2-11,14H2,1H3. The number of ether oxygens (including phenoxy) is 1. The zero-order valence-corrected chi connectivity index (χ0v) is 11.0. The molecule has 1 rings (SSSR count). The van der Waals surface area contributed by atoms with Gasteiger partial charge in [-0.1, -0.05) is 25.7 Å². The largest absolute Gasteiger partial charge is 0.368 e. The van der Waals surface area contributed by atoms with E-state index >= 15 is 0 Å². The number of hydrogen-bond acceptors (Lipinski definition) is 3. The third-order valence-corrected chi connectivity index (χ3v) is 3.37. The first-order chi connectivity index (χ1) is 8.24. The molecular weight excluding hydrogens is 216 g/mol. The van der Waals surface area contributed by atoms with Crippen LogP contribution in [0.25, 0.3) is 0 Å². The van der Waals surface area contributed by atoms with E-state index < -0.39 is 0 Å². The molecule has 0 aliphatic heterocycles. The summed E-state index contributed by atoms with van der Waals surface area (Å²) in [5.41, 5.74) is 5.42. The van der Waals surface area contributed by atoms with Gasteiger partial charge in [-0.2, -0.15) is 0 Å². The Morgan fingerprint density at radius 2 is 1.94 bits per heavy atom. The average Bonchev–Trinajstić information content (AvgIpc) is 2.61. The lowest BCUT2D eigenvalue weighted by atomic mass is 10.1. The first kappa shape index (κ1) is 14.5. The lowest BCUT2D eigenvalue weighted by molar-refractivity contribution is -0.137. The van der Waals surface area contributed by atoms with Gasteiger partial charge in [0.1, 0.15) is 6.61 Å². The Kier molecular flexibility index (Phi) is 7.21. The van der Waals surface area contributed by atoms with Gasteiger partial charge in [-0.15, -0.1) is 0 Å². The van der Waals surface area contributed by atoms with Gasteiger partial charge in [0, 0.05) is 13.6 Å². The second-order valence-corrected chi connectivity index (χ2v) is 4.88. The molecule has 0 saturated heterocycles. The van der Waals surface area contributed by atoms with Crippen molar-refractivity contribution in [2.75, 3.05) is 26.7 Å². The molecule has 1 aliphatic carbocycles. The summed E-state index contributed by atoms with van der Waals surface area (Å²) in [5, 5.41) is 0. The number of hydrogen-bond donors (Lipinski definition) is 1. The number of nitrogens with two attached hydrogens (primary N) is 1. The highest BCUT2D eigenvalue weighted by Crippen LogP contribution is 2.19. The summed E-state index contributed by atoms with van der Waals surface area (Å²) >= 11 is 0. The maximum Gasteiger partial charge on any atom is 0.248 e. The normalized spacial score (nSPS) is 17.8. The first-order valence-electron chi connectivity index (χ1n) is 6.79. The fraction of sp³-hybridized carbons (Fsp3) is 0.923. The summed E-state index contributed by atoms with van der Waals surface area (Å²) in [6, 6.07) is 0. The lowest BCUT2D eigenvalue weighted by Crippen LogP contribution is -2.33. The third kappa shape index (κ3) is 6.03. The van der Waals surface area contributed by atoms with E-state index in [4.69, 9.17) is 10.5 Å². The Labute approximate surface area is 104 Å². The zero-order chi connectivity index (χ0) is 12.5. The molecule has 100 valence electrons. The van der Waals surface area contributed by atoms with Crippen LogP contribution in [0.15, 0.2) is 0 Å². The number of carbonyl (C=O) groups is 1. The Bertz CT molecular complexity index is 213. The molecule has 1 amide bonds. The molecule has 0 aromatic carbocycles. The number of amides is 1. The number of nitrogens with zero attached hydrogens (tertiary/aromatic N) is 1. The molecule has 0 atom stereocenters. The highest BCUT2D eigenvalue weighted by molar-refractivity contribution is 5.77. The number of likely N-dealkylation sites (N-methyl/N-ethyl adjacent to an activating group) is 1. The summed E-state index contributed by atoms with van der Waals surface area (Å²) < 4.78 is 5.70. The maximum absolute atomic E-state index is 11.7. The van der Waals surface area contributed by atoms with Crippen molar-refractivity contribution in [1.29, 1.82) is 0 Å². The van der Waals surface area contributed by atoms with Crippen molar-refractivity contribution in [3.63, 3.8) is 0 Å². The van der Waals surface area contributed by atoms with Crippen molar-refractivity contribution in [3.05, 3.63) is 0 Å². The highest BCUT2D eigenvalue weighted by Gasteiger charge is 2.15. The van der Waals surface area contributed by atoms with Crippen molar-refractivity contribution >= 4 is 5.91 Å². The van der Waals surface area contributed by atoms with Crippen molar-refractivity contribution in [1.82, 2.24) is 4.90 Å². The van der Waals surface area contributed by atoms with Gasteiger partial charge in [0.2, 0.25) is 5.91 Å². The monoisotopic (exact) mass is 242 g/mol. The minimum Gasteiger partial charge on any atom is -0.368 e. The second-order valence-electron chi connectivity index (χ2n) is 4.88. The molecule has 4 nitrogen and oxygen atoms in total. The molecule has 1 saturated carbocycles. The second kappa shape index (κ2) is 8.48. The van der Waals surface area contributed by atoms with Crippen LogP contribution in [0, 0.1) is 0 Å². The van der Waals surface area contributed by atoms with Gasteiger partial charge >= 0.3 is 0 Å². The molecule has 0 radical (unpaired) electrons. The summed E-state index contributed by atoms with van der Waals surface area (Å²) in [4.78, 5) is 13.4. The highest BCUT2D eigenvalue weighted by atomic mass is 16.5. The van der Waals surface area contributed by atoms with E-state index in [1.54, 1.807) is 4.90 Å². The van der Waals surface area contributed by atoms with Crippen LogP contribution in [-0.4, -0.2) is 43.7 Å². The average molecular weight is 242 g/mol. The van der Waals surface area contributed by atoms with Crippen LogP contribution in [0.2, 0.25) is 0 Å². The van der Waals surface area contributed by atoms with Crippen molar-refractivity contribution in [2.24, 2.45) is 5.73 Å². The third-order valence-electron chi connectivity index (χ3n) is 3.37. The van der Waals surface area contributed by atoms with Crippen LogP contribution in [0.5, 0.6) is 0 Å². The fourth-order valence-electron chi connectivity index (χ4n) is 2.16. The van der Waals surface area contributed by atoms with E-state index in [0.29, 0.717) is 12.6 Å². The molecule has 0 spiro atoms. The zero-order valence-electron chi connectivity index (χ0n) is 11.0. The minimum absolute atomic E-state index is 0.0719. The predicted molar refractivity (Wildman–Crippen MR) is 68.8 cm³/mol. The van der Waals surface area contributed by atoms with Crippen molar-refractivity contribution in [3.8, 4) is 0 Å². The lowest BCUT2D eigenvalue weighted by Gasteiger charge is -2.19. The molecule has 1 fully saturated rings. The molecule has 0 unspecified atom stereocenters. The van der Waals surface area contributed by atoms with Crippen LogP contribution in [-0.2, 0) is 9.53 Å². The van der Waals surface area contributed by atoms with Gasteiger partial charge < -0.3 is 15.4 Å². The van der Waals surface area contributed by atoms with Crippen LogP contribution in [0.1, 0.15) is 44.9 Å². The van der Waals surface area contributed by atoms with Gasteiger partial charge in [0.05, 0.1) is 6.10 Å². The molecule has 4 heteroatoms. The van der Waals surface area contributed by atoms with Gasteiger partial charge in [-0.25, -0.2) is 0 Å². The SMILES string of the molecule is CN(CCCN)C(=O)COC1CCCCCC1. The van der Waals surface area contributed by atoms with E-state index in [-0.39, 0.29) is 12.5 Å². The quantitative estimate of drug-likeness (QED) is 0.719. The van der Waals surface area contributed by atoms with Gasteiger partial charge in [0.15, 0.2) is 0 Å². The molecule has 0 bridgehead atoms. The van der Waals surface area contributed by atoms with Crippen LogP contribution >= 0.6 is 0 Å². The summed E-state index contributed by atoms with van der Waals surface area (Å²) in [6.07, 6.45) is 8.47. The molecule has 0 heterocycles. The van der Waals surface area contributed by atoms with Crippen LogP contribution < -0.4 is 5.73 Å². The topological polar surface area (TPSA) is 55.6 Å². The van der Waals surface area contributed by atoms with E-state index in [2.05, 4.69) is 0 Å². The smallest absolute Gasteiger partial charge is 0.248 e. The molecular formula is C13H26N2O2. The Morgan fingerprint density at radius 1 is 1.29 bits per heavy atom. The molecule has 2 N–H and O–H groups in total. The van der Waals surface area contributed by atoms with Crippen molar-refractivity contribution < 1.29 is 9.53 Å². The Morgan fingerprint density at radius 3 is 2.53 bits per heavy atom. The van der Waals surface area contributed by atoms with Crippen molar-refractivity contribution in [2.45, 2.75) is 51.0 Å². The molecule has 0 aromatic rings.